The SMILES string of the molecule is CCCC(C#COc1cc(C(=O)OCC)cc(C(=O)OCC)c1)(N=Nc1ccccc1C#N)Oc1ccccc1. The van der Waals surface area contributed by atoms with E-state index >= 15 is 0 Å². The molecule has 0 saturated heterocycles. The molecule has 0 aliphatic rings. The number of esters is 2. The van der Waals surface area contributed by atoms with Crippen molar-refractivity contribution in [1.82, 2.24) is 0 Å². The summed E-state index contributed by atoms with van der Waals surface area (Å²) in [5.74, 6) is 2.30. The number of hydrogen-bond acceptors (Lipinski definition) is 9. The number of carbonyl (C=O) groups is 2. The van der Waals surface area contributed by atoms with Gasteiger partial charge in [-0.05, 0) is 62.7 Å². The lowest BCUT2D eigenvalue weighted by Gasteiger charge is -2.23. The van der Waals surface area contributed by atoms with Gasteiger partial charge in [0, 0.05) is 12.3 Å². The first-order chi connectivity index (χ1) is 19.4. The van der Waals surface area contributed by atoms with Crippen LogP contribution < -0.4 is 9.47 Å². The first-order valence-corrected chi connectivity index (χ1v) is 12.8. The Kier molecular flexibility index (Phi) is 10.8. The second-order valence-electron chi connectivity index (χ2n) is 8.29. The molecule has 1 atom stereocenters. The number of benzene rings is 3. The maximum Gasteiger partial charge on any atom is 0.338 e. The zero-order valence-electron chi connectivity index (χ0n) is 22.5. The van der Waals surface area contributed by atoms with Crippen molar-refractivity contribution < 1.29 is 28.5 Å². The highest BCUT2D eigenvalue weighted by Gasteiger charge is 2.30. The Labute approximate surface area is 233 Å². The van der Waals surface area contributed by atoms with E-state index in [-0.39, 0.29) is 30.1 Å². The Morgan fingerprint density at radius 3 is 2.08 bits per heavy atom. The van der Waals surface area contributed by atoms with Crippen molar-refractivity contribution in [2.75, 3.05) is 13.2 Å². The van der Waals surface area contributed by atoms with Crippen LogP contribution in [-0.4, -0.2) is 30.9 Å². The van der Waals surface area contributed by atoms with Crippen molar-refractivity contribution in [2.45, 2.75) is 39.3 Å². The van der Waals surface area contributed by atoms with Gasteiger partial charge in [-0.1, -0.05) is 37.3 Å². The second-order valence-corrected chi connectivity index (χ2v) is 8.29. The Morgan fingerprint density at radius 2 is 1.48 bits per heavy atom. The van der Waals surface area contributed by atoms with Crippen molar-refractivity contribution in [3.05, 3.63) is 89.5 Å². The average Bonchev–Trinajstić information content (AvgIpc) is 2.97. The van der Waals surface area contributed by atoms with Crippen molar-refractivity contribution in [2.24, 2.45) is 10.2 Å². The topological polar surface area (TPSA) is 120 Å². The quantitative estimate of drug-likeness (QED) is 0.153. The van der Waals surface area contributed by atoms with Crippen molar-refractivity contribution in [3.8, 4) is 29.6 Å². The number of nitrogens with zero attached hydrogens (tertiary/aromatic N) is 3. The summed E-state index contributed by atoms with van der Waals surface area (Å²) in [6, 6.07) is 22.1. The zero-order chi connectivity index (χ0) is 28.8. The minimum Gasteiger partial charge on any atom is -0.462 e. The number of para-hydroxylation sites is 1. The maximum atomic E-state index is 12.4. The summed E-state index contributed by atoms with van der Waals surface area (Å²) in [6.07, 6.45) is 3.58. The molecular weight excluding hydrogens is 510 g/mol. The summed E-state index contributed by atoms with van der Waals surface area (Å²) in [7, 11) is 0. The molecule has 9 nitrogen and oxygen atoms in total. The normalized spacial score (nSPS) is 11.8. The minimum atomic E-state index is -1.47. The van der Waals surface area contributed by atoms with E-state index in [0.717, 1.165) is 0 Å². The molecule has 0 aliphatic carbocycles. The first kappa shape index (κ1) is 29.4. The van der Waals surface area contributed by atoms with Crippen LogP contribution in [-0.2, 0) is 9.47 Å². The summed E-state index contributed by atoms with van der Waals surface area (Å²) in [5.41, 5.74) is -0.537. The van der Waals surface area contributed by atoms with Gasteiger partial charge in [0.1, 0.15) is 29.4 Å². The van der Waals surface area contributed by atoms with Crippen LogP contribution >= 0.6 is 0 Å². The van der Waals surface area contributed by atoms with Crippen molar-refractivity contribution >= 4 is 17.6 Å². The molecule has 0 radical (unpaired) electrons. The van der Waals surface area contributed by atoms with Crippen molar-refractivity contribution in [1.29, 1.82) is 5.26 Å². The lowest BCUT2D eigenvalue weighted by Crippen LogP contribution is -2.32. The lowest BCUT2D eigenvalue weighted by molar-refractivity contribution is 0.0524. The van der Waals surface area contributed by atoms with Crippen LogP contribution in [0.2, 0.25) is 0 Å². The third-order valence-electron chi connectivity index (χ3n) is 5.31. The van der Waals surface area contributed by atoms with Crippen LogP contribution in [0.15, 0.2) is 83.0 Å². The van der Waals surface area contributed by atoms with Gasteiger partial charge in [0.05, 0.1) is 29.9 Å². The summed E-state index contributed by atoms with van der Waals surface area (Å²) < 4.78 is 22.0. The lowest BCUT2D eigenvalue weighted by atomic mass is 10.1. The molecule has 0 N–H and O–H groups in total. The van der Waals surface area contributed by atoms with E-state index in [9.17, 15) is 14.9 Å². The van der Waals surface area contributed by atoms with Crippen molar-refractivity contribution in [3.63, 3.8) is 0 Å². The number of ether oxygens (including phenoxy) is 4. The Bertz CT molecular complexity index is 1420. The van der Waals surface area contributed by atoms with E-state index < -0.39 is 17.7 Å². The molecule has 0 heterocycles. The van der Waals surface area contributed by atoms with Gasteiger partial charge in [-0.3, -0.25) is 0 Å². The largest absolute Gasteiger partial charge is 0.462 e. The van der Waals surface area contributed by atoms with E-state index in [2.05, 4.69) is 28.3 Å². The summed E-state index contributed by atoms with van der Waals surface area (Å²) >= 11 is 0. The highest BCUT2D eigenvalue weighted by atomic mass is 16.5. The first-order valence-electron chi connectivity index (χ1n) is 12.8. The molecule has 40 heavy (non-hydrogen) atoms. The molecule has 9 heteroatoms. The van der Waals surface area contributed by atoms with Crippen LogP contribution in [0.25, 0.3) is 0 Å². The highest BCUT2D eigenvalue weighted by molar-refractivity contribution is 5.96. The van der Waals surface area contributed by atoms with E-state index in [4.69, 9.17) is 18.9 Å². The monoisotopic (exact) mass is 539 g/mol. The fraction of sp³-hybridized carbons (Fsp3) is 0.258. The van der Waals surface area contributed by atoms with Gasteiger partial charge in [-0.15, -0.1) is 10.2 Å². The Morgan fingerprint density at radius 1 is 0.850 bits per heavy atom. The second kappa shape index (κ2) is 14.7. The van der Waals surface area contributed by atoms with E-state index in [0.29, 0.717) is 29.8 Å². The summed E-state index contributed by atoms with van der Waals surface area (Å²) in [4.78, 5) is 24.8. The zero-order valence-corrected chi connectivity index (χ0v) is 22.5. The van der Waals surface area contributed by atoms with Crippen LogP contribution in [0.1, 0.15) is 59.9 Å². The molecule has 0 aromatic heterocycles. The third kappa shape index (κ3) is 8.17. The standard InChI is InChI=1S/C31H29N3O6/c1-4-16-31(40-26-13-8-7-9-14-26,34-33-28-15-11-10-12-23(28)22-32)17-18-39-27-20-24(29(35)37-5-2)19-25(21-27)30(36)38-6-3/h7-15,19-21H,4-6,16H2,1-3H3. The van der Waals surface area contributed by atoms with Gasteiger partial charge in [0.25, 0.3) is 5.72 Å². The molecule has 0 aliphatic heterocycles. The number of carbonyl (C=O) groups excluding carboxylic acids is 2. The molecule has 0 bridgehead atoms. The number of nitriles is 1. The fourth-order valence-electron chi connectivity index (χ4n) is 3.53. The van der Waals surface area contributed by atoms with Crippen LogP contribution in [0, 0.1) is 23.4 Å². The van der Waals surface area contributed by atoms with Gasteiger partial charge >= 0.3 is 11.9 Å². The molecule has 3 rings (SSSR count). The van der Waals surface area contributed by atoms with Crippen LogP contribution in [0.3, 0.4) is 0 Å². The Balaban J connectivity index is 2.03. The van der Waals surface area contributed by atoms with E-state index in [1.165, 1.54) is 18.2 Å². The summed E-state index contributed by atoms with van der Waals surface area (Å²) in [6.45, 7) is 5.63. The van der Waals surface area contributed by atoms with Gasteiger partial charge in [0.15, 0.2) is 0 Å². The molecule has 0 saturated carbocycles. The summed E-state index contributed by atoms with van der Waals surface area (Å²) in [5, 5.41) is 18.2. The predicted molar refractivity (Wildman–Crippen MR) is 147 cm³/mol. The molecule has 0 spiro atoms. The van der Waals surface area contributed by atoms with E-state index in [1.54, 1.807) is 50.2 Å². The van der Waals surface area contributed by atoms with Crippen LogP contribution in [0.4, 0.5) is 5.69 Å². The molecule has 1 unspecified atom stereocenters. The highest BCUT2D eigenvalue weighted by Crippen LogP contribution is 2.28. The molecule has 3 aromatic rings. The van der Waals surface area contributed by atoms with Gasteiger partial charge in [0.2, 0.25) is 0 Å². The number of hydrogen-bond donors (Lipinski definition) is 0. The number of azo groups is 1. The predicted octanol–water partition coefficient (Wildman–Crippen LogP) is 6.61. The third-order valence-corrected chi connectivity index (χ3v) is 5.31. The van der Waals surface area contributed by atoms with Gasteiger partial charge in [-0.25, -0.2) is 9.59 Å². The molecule has 0 amide bonds. The fourth-order valence-corrected chi connectivity index (χ4v) is 3.53. The molecule has 0 fully saturated rings. The Hall–Kier alpha value is -5.15. The molecule has 3 aromatic carbocycles. The van der Waals surface area contributed by atoms with Crippen LogP contribution in [0.5, 0.6) is 11.5 Å². The molecule has 204 valence electrons. The average molecular weight is 540 g/mol. The minimum absolute atomic E-state index is 0.109. The van der Waals surface area contributed by atoms with E-state index in [1.807, 2.05) is 25.1 Å². The smallest absolute Gasteiger partial charge is 0.338 e. The van der Waals surface area contributed by atoms with Gasteiger partial charge < -0.3 is 18.9 Å². The number of rotatable bonds is 11. The molecular formula is C31H29N3O6. The maximum absolute atomic E-state index is 12.4. The van der Waals surface area contributed by atoms with Gasteiger partial charge in [-0.2, -0.15) is 5.26 Å².